The Morgan fingerprint density at radius 3 is 3.00 bits per heavy atom. The summed E-state index contributed by atoms with van der Waals surface area (Å²) < 4.78 is 3.39. The first-order valence-corrected chi connectivity index (χ1v) is 4.05. The highest BCUT2D eigenvalue weighted by atomic mass is 15.3. The van der Waals surface area contributed by atoms with Crippen LogP contribution >= 0.6 is 0 Å². The lowest BCUT2D eigenvalue weighted by Gasteiger charge is -2.01. The first kappa shape index (κ1) is 8.44. The van der Waals surface area contributed by atoms with Gasteiger partial charge in [0.05, 0.1) is 6.54 Å². The molecule has 0 aliphatic rings. The van der Waals surface area contributed by atoms with E-state index in [1.54, 1.807) is 21.6 Å². The van der Waals surface area contributed by atoms with Crippen molar-refractivity contribution in [3.63, 3.8) is 0 Å². The number of aromatic nitrogens is 5. The van der Waals surface area contributed by atoms with E-state index in [2.05, 4.69) is 15.1 Å². The average Bonchev–Trinajstić information content (AvgIpc) is 2.77. The van der Waals surface area contributed by atoms with Gasteiger partial charge in [-0.2, -0.15) is 10.4 Å². The molecule has 14 heavy (non-hydrogen) atoms. The highest BCUT2D eigenvalue weighted by Gasteiger charge is 2.05. The minimum absolute atomic E-state index is 0.382. The normalized spacial score (nSPS) is 10.0. The smallest absolute Gasteiger partial charge is 0.213 e. The van der Waals surface area contributed by atoms with Gasteiger partial charge in [-0.05, 0) is 0 Å². The summed E-state index contributed by atoms with van der Waals surface area (Å²) in [7, 11) is 1.81. The third kappa shape index (κ3) is 1.35. The molecule has 0 aromatic carbocycles. The highest BCUT2D eigenvalue weighted by molar-refractivity contribution is 5.12. The van der Waals surface area contributed by atoms with Crippen LogP contribution in [0.15, 0.2) is 18.7 Å². The van der Waals surface area contributed by atoms with Crippen molar-refractivity contribution in [3.05, 3.63) is 30.4 Å². The van der Waals surface area contributed by atoms with Crippen LogP contribution in [0.25, 0.3) is 0 Å². The Balaban J connectivity index is 2.28. The summed E-state index contributed by atoms with van der Waals surface area (Å²) >= 11 is 0. The third-order valence-corrected chi connectivity index (χ3v) is 1.93. The standard InChI is InChI=1S/C8H8N6/c1-13-8(11-6-12-13)5-14-3-2-10-7(14)4-9/h2-3,6H,5H2,1H3. The van der Waals surface area contributed by atoms with Crippen molar-refractivity contribution in [1.82, 2.24) is 24.3 Å². The predicted molar refractivity (Wildman–Crippen MR) is 47.0 cm³/mol. The molecule has 0 amide bonds. The number of hydrogen-bond donors (Lipinski definition) is 0. The Bertz CT molecular complexity index is 474. The maximum atomic E-state index is 8.73. The van der Waals surface area contributed by atoms with Gasteiger partial charge in [-0.3, -0.25) is 4.68 Å². The first-order valence-electron chi connectivity index (χ1n) is 4.05. The largest absolute Gasteiger partial charge is 0.315 e. The lowest BCUT2D eigenvalue weighted by Crippen LogP contribution is -2.07. The van der Waals surface area contributed by atoms with Crippen LogP contribution in [0.3, 0.4) is 0 Å². The van der Waals surface area contributed by atoms with E-state index in [0.29, 0.717) is 12.4 Å². The van der Waals surface area contributed by atoms with Gasteiger partial charge in [0.2, 0.25) is 5.82 Å². The molecule has 0 aliphatic heterocycles. The topological polar surface area (TPSA) is 72.3 Å². The second-order valence-corrected chi connectivity index (χ2v) is 2.79. The number of hydrogen-bond acceptors (Lipinski definition) is 4. The molecule has 0 atom stereocenters. The molecule has 0 bridgehead atoms. The van der Waals surface area contributed by atoms with E-state index in [1.807, 2.05) is 13.1 Å². The Labute approximate surface area is 80.4 Å². The molecule has 6 nitrogen and oxygen atoms in total. The quantitative estimate of drug-likeness (QED) is 0.661. The van der Waals surface area contributed by atoms with Gasteiger partial charge in [-0.1, -0.05) is 0 Å². The van der Waals surface area contributed by atoms with E-state index in [1.165, 1.54) is 6.33 Å². The Morgan fingerprint density at radius 1 is 1.50 bits per heavy atom. The second kappa shape index (κ2) is 3.30. The summed E-state index contributed by atoms with van der Waals surface area (Å²) in [5.41, 5.74) is 0. The minimum atomic E-state index is 0.382. The summed E-state index contributed by atoms with van der Waals surface area (Å²) in [6.45, 7) is 0.513. The zero-order valence-corrected chi connectivity index (χ0v) is 7.62. The summed E-state index contributed by atoms with van der Waals surface area (Å²) in [5.74, 6) is 1.17. The van der Waals surface area contributed by atoms with Crippen LogP contribution in [0, 0.1) is 11.3 Å². The van der Waals surface area contributed by atoms with E-state index in [4.69, 9.17) is 5.26 Å². The van der Waals surface area contributed by atoms with Crippen molar-refractivity contribution < 1.29 is 0 Å². The lowest BCUT2D eigenvalue weighted by atomic mass is 10.5. The molecule has 0 radical (unpaired) electrons. The zero-order chi connectivity index (χ0) is 9.97. The van der Waals surface area contributed by atoms with Crippen LogP contribution < -0.4 is 0 Å². The van der Waals surface area contributed by atoms with Crippen molar-refractivity contribution in [2.24, 2.45) is 7.05 Å². The second-order valence-electron chi connectivity index (χ2n) is 2.79. The van der Waals surface area contributed by atoms with Crippen LogP contribution in [0.5, 0.6) is 0 Å². The molecule has 70 valence electrons. The van der Waals surface area contributed by atoms with Crippen LogP contribution in [0.1, 0.15) is 11.6 Å². The maximum absolute atomic E-state index is 8.73. The van der Waals surface area contributed by atoms with E-state index in [-0.39, 0.29) is 0 Å². The molecule has 0 N–H and O–H groups in total. The van der Waals surface area contributed by atoms with Gasteiger partial charge in [-0.25, -0.2) is 9.97 Å². The van der Waals surface area contributed by atoms with Gasteiger partial charge in [0, 0.05) is 19.4 Å². The summed E-state index contributed by atoms with van der Waals surface area (Å²) in [4.78, 5) is 7.95. The van der Waals surface area contributed by atoms with Gasteiger partial charge < -0.3 is 4.57 Å². The SMILES string of the molecule is Cn1ncnc1Cn1ccnc1C#N. The highest BCUT2D eigenvalue weighted by Crippen LogP contribution is 2.00. The van der Waals surface area contributed by atoms with Crippen molar-refractivity contribution in [2.45, 2.75) is 6.54 Å². The molecule has 2 rings (SSSR count). The van der Waals surface area contributed by atoms with Gasteiger partial charge in [0.15, 0.2) is 0 Å². The number of imidazole rings is 1. The number of nitrogens with zero attached hydrogens (tertiary/aromatic N) is 6. The molecule has 0 unspecified atom stereocenters. The Morgan fingerprint density at radius 2 is 2.36 bits per heavy atom. The zero-order valence-electron chi connectivity index (χ0n) is 7.62. The molecule has 0 spiro atoms. The van der Waals surface area contributed by atoms with Crippen LogP contribution in [0.2, 0.25) is 0 Å². The van der Waals surface area contributed by atoms with Crippen LogP contribution in [-0.2, 0) is 13.6 Å². The molecule has 6 heteroatoms. The third-order valence-electron chi connectivity index (χ3n) is 1.93. The molecule has 0 aliphatic carbocycles. The van der Waals surface area contributed by atoms with Crippen LogP contribution in [0.4, 0.5) is 0 Å². The fourth-order valence-electron chi connectivity index (χ4n) is 1.17. The first-order chi connectivity index (χ1) is 6.81. The predicted octanol–water partition coefficient (Wildman–Crippen LogP) is -0.0684. The van der Waals surface area contributed by atoms with Crippen molar-refractivity contribution in [3.8, 4) is 6.07 Å². The molecular weight excluding hydrogens is 180 g/mol. The van der Waals surface area contributed by atoms with Crippen molar-refractivity contribution >= 4 is 0 Å². The number of rotatable bonds is 2. The molecule has 0 saturated carbocycles. The molecular formula is C8H8N6. The van der Waals surface area contributed by atoms with Crippen LogP contribution in [-0.4, -0.2) is 24.3 Å². The lowest BCUT2D eigenvalue weighted by molar-refractivity contribution is 0.649. The van der Waals surface area contributed by atoms with Gasteiger partial charge in [0.1, 0.15) is 18.2 Å². The molecule has 0 saturated heterocycles. The van der Waals surface area contributed by atoms with E-state index >= 15 is 0 Å². The van der Waals surface area contributed by atoms with E-state index in [0.717, 1.165) is 5.82 Å². The van der Waals surface area contributed by atoms with Crippen molar-refractivity contribution in [2.75, 3.05) is 0 Å². The monoisotopic (exact) mass is 188 g/mol. The number of nitriles is 1. The Kier molecular flexibility index (Phi) is 1.99. The average molecular weight is 188 g/mol. The number of aryl methyl sites for hydroxylation is 1. The summed E-state index contributed by atoms with van der Waals surface area (Å²) in [6.07, 6.45) is 4.82. The molecule has 2 aromatic heterocycles. The summed E-state index contributed by atoms with van der Waals surface area (Å²) in [5, 5.41) is 12.7. The van der Waals surface area contributed by atoms with Gasteiger partial charge in [-0.15, -0.1) is 0 Å². The molecule has 2 aromatic rings. The van der Waals surface area contributed by atoms with Crippen molar-refractivity contribution in [1.29, 1.82) is 5.26 Å². The summed E-state index contributed by atoms with van der Waals surface area (Å²) in [6, 6.07) is 2.00. The van der Waals surface area contributed by atoms with Gasteiger partial charge >= 0.3 is 0 Å². The Hall–Kier alpha value is -2.16. The van der Waals surface area contributed by atoms with E-state index in [9.17, 15) is 0 Å². The molecule has 2 heterocycles. The maximum Gasteiger partial charge on any atom is 0.213 e. The fraction of sp³-hybridized carbons (Fsp3) is 0.250. The van der Waals surface area contributed by atoms with Gasteiger partial charge in [0.25, 0.3) is 0 Å². The van der Waals surface area contributed by atoms with E-state index < -0.39 is 0 Å². The molecule has 0 fully saturated rings. The fourth-order valence-corrected chi connectivity index (χ4v) is 1.17. The minimum Gasteiger partial charge on any atom is -0.315 e.